The summed E-state index contributed by atoms with van der Waals surface area (Å²) in [5, 5.41) is 8.17. The van der Waals surface area contributed by atoms with Gasteiger partial charge in [-0.1, -0.05) is 69.6 Å². The van der Waals surface area contributed by atoms with Crippen molar-refractivity contribution in [1.29, 1.82) is 0 Å². The van der Waals surface area contributed by atoms with Gasteiger partial charge in [0.1, 0.15) is 18.2 Å². The molecule has 44 heavy (non-hydrogen) atoms. The molecule has 0 aromatic carbocycles. The maximum absolute atomic E-state index is 13.0. The molecule has 0 aromatic heterocycles. The van der Waals surface area contributed by atoms with E-state index in [0.717, 1.165) is 5.57 Å². The molecule has 4 atom stereocenters. The van der Waals surface area contributed by atoms with E-state index < -0.39 is 35.5 Å². The van der Waals surface area contributed by atoms with E-state index in [1.807, 2.05) is 60.6 Å². The number of cyclic esters (lactones) is 1. The molecule has 0 bridgehead atoms. The van der Waals surface area contributed by atoms with Gasteiger partial charge in [0.2, 0.25) is 11.8 Å². The van der Waals surface area contributed by atoms with Gasteiger partial charge < -0.3 is 30.2 Å². The van der Waals surface area contributed by atoms with Gasteiger partial charge in [0.05, 0.1) is 7.11 Å². The Morgan fingerprint density at radius 3 is 2.41 bits per heavy atom. The first-order chi connectivity index (χ1) is 20.7. The van der Waals surface area contributed by atoms with Gasteiger partial charge in [0.15, 0.2) is 5.76 Å². The molecule has 3 amide bonds. The Balaban J connectivity index is 2.71. The van der Waals surface area contributed by atoms with Crippen molar-refractivity contribution < 1.29 is 33.4 Å². The number of carbonyl (C=O) groups is 4. The van der Waals surface area contributed by atoms with E-state index in [-0.39, 0.29) is 29.7 Å². The first kappa shape index (κ1) is 37.8. The summed E-state index contributed by atoms with van der Waals surface area (Å²) in [6.45, 7) is 14.8. The van der Waals surface area contributed by atoms with Gasteiger partial charge in [-0.3, -0.25) is 9.59 Å². The van der Waals surface area contributed by atoms with Crippen molar-refractivity contribution >= 4 is 23.9 Å². The molecule has 0 aliphatic carbocycles. The number of hydrogen-bond acceptors (Lipinski definition) is 7. The second-order valence-electron chi connectivity index (χ2n) is 11.9. The van der Waals surface area contributed by atoms with E-state index in [0.29, 0.717) is 19.3 Å². The van der Waals surface area contributed by atoms with Crippen LogP contribution in [0.4, 0.5) is 4.79 Å². The number of esters is 1. The largest absolute Gasteiger partial charge is 0.490 e. The topological polar surface area (TPSA) is 132 Å². The maximum Gasteiger partial charge on any atom is 0.407 e. The Kier molecular flexibility index (Phi) is 16.4. The minimum atomic E-state index is -0.809. The van der Waals surface area contributed by atoms with E-state index >= 15 is 0 Å². The van der Waals surface area contributed by atoms with Crippen LogP contribution in [-0.4, -0.2) is 55.3 Å². The fourth-order valence-electron chi connectivity index (χ4n) is 4.09. The van der Waals surface area contributed by atoms with Gasteiger partial charge in [0, 0.05) is 37.3 Å². The highest BCUT2D eigenvalue weighted by Gasteiger charge is 2.32. The SMILES string of the molecule is CC#CC[C@@H](C/C=C\NC(=O)[C@@H](NC(=O)\C=C/C=C\C(C)=C\[C@H](C)[C@@H]1CC=C(OC)C(=O)O1)C(C)(C)C)OC(=O)NC(C)C. The quantitative estimate of drug-likeness (QED) is 0.109. The number of ether oxygens (including phenoxy) is 3. The predicted octanol–water partition coefficient (Wildman–Crippen LogP) is 4.99. The van der Waals surface area contributed by atoms with Gasteiger partial charge in [-0.15, -0.1) is 5.92 Å². The molecule has 1 aliphatic rings. The number of nitrogens with one attached hydrogen (secondary N) is 3. The van der Waals surface area contributed by atoms with Crippen molar-refractivity contribution in [1.82, 2.24) is 16.0 Å². The van der Waals surface area contributed by atoms with Crippen molar-refractivity contribution in [3.63, 3.8) is 0 Å². The molecular weight excluding hydrogens is 562 g/mol. The molecule has 0 saturated heterocycles. The van der Waals surface area contributed by atoms with Crippen molar-refractivity contribution in [2.24, 2.45) is 11.3 Å². The molecule has 1 aliphatic heterocycles. The Hall–Kier alpha value is -4.26. The van der Waals surface area contributed by atoms with E-state index in [1.54, 1.807) is 31.2 Å². The van der Waals surface area contributed by atoms with Crippen LogP contribution in [0.1, 0.15) is 74.7 Å². The Bertz CT molecular complexity index is 1210. The van der Waals surface area contributed by atoms with Gasteiger partial charge in [-0.05, 0) is 45.4 Å². The average molecular weight is 612 g/mol. The van der Waals surface area contributed by atoms with Crippen molar-refractivity contribution in [2.45, 2.75) is 98.9 Å². The standard InChI is InChI=1S/C34H49N3O7/c1-10-11-16-26(43-33(41)36-23(2)3)17-14-21-35-31(39)30(34(6,7)8)37-29(38)18-13-12-15-24(4)22-25(5)27-19-20-28(42-9)32(40)44-27/h12-15,18,20-23,25-27,30H,16-17,19H2,1-9H3,(H,35,39)(H,36,41)(H,37,38)/b15-12-,18-13-,21-14-,24-22+/t25-,26-,27-,30+/m0/s1. The van der Waals surface area contributed by atoms with Gasteiger partial charge in [0.25, 0.3) is 0 Å². The number of amides is 3. The van der Waals surface area contributed by atoms with E-state index in [1.165, 1.54) is 19.4 Å². The van der Waals surface area contributed by atoms with Gasteiger partial charge >= 0.3 is 12.1 Å². The van der Waals surface area contributed by atoms with E-state index in [2.05, 4.69) is 27.8 Å². The summed E-state index contributed by atoms with van der Waals surface area (Å²) in [5.41, 5.74) is 0.375. The normalized spacial score (nSPS) is 17.8. The van der Waals surface area contributed by atoms with Crippen molar-refractivity contribution in [3.05, 3.63) is 60.1 Å². The zero-order chi connectivity index (χ0) is 33.3. The highest BCUT2D eigenvalue weighted by atomic mass is 16.6. The van der Waals surface area contributed by atoms with E-state index in [4.69, 9.17) is 14.2 Å². The fraction of sp³-hybridized carbons (Fsp3) is 0.529. The summed E-state index contributed by atoms with van der Waals surface area (Å²) >= 11 is 0. The first-order valence-corrected chi connectivity index (χ1v) is 14.8. The third-order valence-electron chi connectivity index (χ3n) is 6.39. The minimum absolute atomic E-state index is 0.0153. The van der Waals surface area contributed by atoms with Crippen LogP contribution in [0.5, 0.6) is 0 Å². The molecule has 242 valence electrons. The summed E-state index contributed by atoms with van der Waals surface area (Å²) in [5.74, 6) is 4.65. The summed E-state index contributed by atoms with van der Waals surface area (Å²) < 4.78 is 15.9. The summed E-state index contributed by atoms with van der Waals surface area (Å²) in [4.78, 5) is 49.5. The van der Waals surface area contributed by atoms with Crippen LogP contribution in [0.3, 0.4) is 0 Å². The molecule has 1 rings (SSSR count). The van der Waals surface area contributed by atoms with Crippen LogP contribution in [0, 0.1) is 23.2 Å². The lowest BCUT2D eigenvalue weighted by atomic mass is 9.86. The first-order valence-electron chi connectivity index (χ1n) is 14.8. The molecule has 0 fully saturated rings. The molecule has 0 unspecified atom stereocenters. The molecule has 0 spiro atoms. The van der Waals surface area contributed by atoms with Crippen molar-refractivity contribution in [3.8, 4) is 11.8 Å². The molecule has 10 nitrogen and oxygen atoms in total. The van der Waals surface area contributed by atoms with Crippen molar-refractivity contribution in [2.75, 3.05) is 7.11 Å². The number of carbonyl (C=O) groups excluding carboxylic acids is 4. The fourth-order valence-corrected chi connectivity index (χ4v) is 4.09. The zero-order valence-electron chi connectivity index (χ0n) is 27.5. The highest BCUT2D eigenvalue weighted by Crippen LogP contribution is 2.23. The predicted molar refractivity (Wildman–Crippen MR) is 171 cm³/mol. The number of allylic oxidation sites excluding steroid dienone is 4. The Labute approximate surface area is 262 Å². The lowest BCUT2D eigenvalue weighted by Gasteiger charge is -2.29. The van der Waals surface area contributed by atoms with E-state index in [9.17, 15) is 19.2 Å². The molecule has 1 heterocycles. The summed E-state index contributed by atoms with van der Waals surface area (Å²) in [7, 11) is 1.44. The zero-order valence-corrected chi connectivity index (χ0v) is 27.5. The third kappa shape index (κ3) is 14.8. The number of hydrogen-bond donors (Lipinski definition) is 3. The Morgan fingerprint density at radius 2 is 1.82 bits per heavy atom. The van der Waals surface area contributed by atoms with Crippen LogP contribution in [-0.2, 0) is 28.6 Å². The lowest BCUT2D eigenvalue weighted by molar-refractivity contribution is -0.151. The van der Waals surface area contributed by atoms with Crippen LogP contribution >= 0.6 is 0 Å². The molecular formula is C34H49N3O7. The maximum atomic E-state index is 13.0. The second kappa shape index (κ2) is 19.1. The minimum Gasteiger partial charge on any atom is -0.490 e. The van der Waals surface area contributed by atoms with Crippen LogP contribution in [0.2, 0.25) is 0 Å². The lowest BCUT2D eigenvalue weighted by Crippen LogP contribution is -2.52. The summed E-state index contributed by atoms with van der Waals surface area (Å²) in [6.07, 6.45) is 13.4. The monoisotopic (exact) mass is 611 g/mol. The van der Waals surface area contributed by atoms with Crippen LogP contribution in [0.15, 0.2) is 60.1 Å². The number of methoxy groups -OCH3 is 1. The molecule has 0 aromatic rings. The van der Waals surface area contributed by atoms with Crippen LogP contribution in [0.25, 0.3) is 0 Å². The van der Waals surface area contributed by atoms with Crippen LogP contribution < -0.4 is 16.0 Å². The third-order valence-corrected chi connectivity index (χ3v) is 6.39. The second-order valence-corrected chi connectivity index (χ2v) is 11.9. The molecule has 3 N–H and O–H groups in total. The molecule has 10 heteroatoms. The molecule has 0 saturated carbocycles. The number of alkyl carbamates (subject to hydrolysis) is 1. The number of rotatable bonds is 14. The van der Waals surface area contributed by atoms with Gasteiger partial charge in [-0.2, -0.15) is 0 Å². The van der Waals surface area contributed by atoms with Gasteiger partial charge in [-0.25, -0.2) is 9.59 Å². The average Bonchev–Trinajstić information content (AvgIpc) is 2.93. The Morgan fingerprint density at radius 1 is 1.14 bits per heavy atom. The smallest absolute Gasteiger partial charge is 0.407 e. The highest BCUT2D eigenvalue weighted by molar-refractivity contribution is 5.93. The summed E-state index contributed by atoms with van der Waals surface area (Å²) in [6, 6.07) is -0.865. The molecule has 0 radical (unpaired) electrons.